The van der Waals surface area contributed by atoms with Gasteiger partial charge in [-0.2, -0.15) is 27.8 Å². The van der Waals surface area contributed by atoms with Gasteiger partial charge in [-0.1, -0.05) is 12.1 Å². The van der Waals surface area contributed by atoms with Crippen LogP contribution in [-0.4, -0.2) is 87.0 Å². The fraction of sp³-hybridized carbons (Fsp3) is 0.138. The first-order valence-corrected chi connectivity index (χ1v) is 21.2. The average molecular weight is 847 g/mol. The summed E-state index contributed by atoms with van der Waals surface area (Å²) in [7, 11) is -12.9. The van der Waals surface area contributed by atoms with Crippen LogP contribution in [0.1, 0.15) is 5.56 Å². The maximum Gasteiger partial charge on any atom is 0.315 e. The summed E-state index contributed by atoms with van der Waals surface area (Å²) in [6.07, 6.45) is -1.27. The molecule has 0 aliphatic heterocycles. The number of azo groups is 1. The van der Waals surface area contributed by atoms with Gasteiger partial charge in [0.1, 0.15) is 38.8 Å². The summed E-state index contributed by atoms with van der Waals surface area (Å²) in [5.74, 6) is -2.45. The van der Waals surface area contributed by atoms with Crippen molar-refractivity contribution < 1.29 is 62.4 Å². The lowest BCUT2D eigenvalue weighted by Gasteiger charge is -2.21. The van der Waals surface area contributed by atoms with Crippen LogP contribution in [0, 0.1) is 13.0 Å². The number of fused-ring (bicyclic) bond motifs is 1. The Labute approximate surface area is 314 Å². The van der Waals surface area contributed by atoms with E-state index in [2.05, 4.69) is 45.3 Å². The van der Waals surface area contributed by atoms with Crippen molar-refractivity contribution in [2.75, 3.05) is 34.2 Å². The van der Waals surface area contributed by atoms with Crippen LogP contribution in [-0.2, 0) is 24.1 Å². The van der Waals surface area contributed by atoms with E-state index in [9.17, 15) is 44.5 Å². The standard InChI is InChI=1S/C29H31FN8O13S4/c1-16-12-17-2-8-21(31-15-53(42,43)44)26(25(17)23(39)13-16)38-37-22-14-19(5-9-24(22)54(45,46)47)33-29-35-27(30)34-28(36-29)32-18-3-6-20(7-4-18)52(40,41)11-10-51-55(48,49)50/h2-9,12-14,31,39,42-44,48-50H,10-11,15H2,1H3,(H,45,46,47)(H2,32,33,34,35,36). The lowest BCUT2D eigenvalue weighted by atomic mass is 10.0. The first kappa shape index (κ1) is 41.3. The molecule has 0 aliphatic rings. The van der Waals surface area contributed by atoms with Crippen molar-refractivity contribution in [3.63, 3.8) is 0 Å². The van der Waals surface area contributed by atoms with Crippen molar-refractivity contribution in [2.45, 2.75) is 16.7 Å². The first-order valence-electron chi connectivity index (χ1n) is 15.0. The van der Waals surface area contributed by atoms with Crippen LogP contribution in [0.15, 0.2) is 86.7 Å². The normalized spacial score (nSPS) is 13.3. The zero-order valence-corrected chi connectivity index (χ0v) is 31.1. The number of anilines is 5. The highest BCUT2D eigenvalue weighted by Crippen LogP contribution is 2.43. The Morgan fingerprint density at radius 1 is 0.782 bits per heavy atom. The predicted molar refractivity (Wildman–Crippen MR) is 201 cm³/mol. The number of hydrogen-bond acceptors (Lipinski definition) is 20. The smallest absolute Gasteiger partial charge is 0.315 e. The Bertz CT molecular complexity index is 2480. The van der Waals surface area contributed by atoms with E-state index in [-0.39, 0.29) is 44.7 Å². The van der Waals surface area contributed by atoms with E-state index in [1.54, 1.807) is 19.1 Å². The summed E-state index contributed by atoms with van der Waals surface area (Å²) in [6.45, 7) is 1.01. The van der Waals surface area contributed by atoms with Crippen LogP contribution in [0.4, 0.5) is 44.7 Å². The molecule has 0 unspecified atom stereocenters. The van der Waals surface area contributed by atoms with E-state index in [1.165, 1.54) is 36.4 Å². The topological polar surface area (TPSA) is 339 Å². The van der Waals surface area contributed by atoms with Crippen molar-refractivity contribution in [3.8, 4) is 5.75 Å². The summed E-state index contributed by atoms with van der Waals surface area (Å²) < 4.78 is 133. The Kier molecular flexibility index (Phi) is 12.1. The number of nitrogens with zero attached hydrogens (tertiary/aromatic N) is 5. The number of sulfone groups is 1. The van der Waals surface area contributed by atoms with E-state index in [0.717, 1.165) is 18.2 Å². The molecule has 0 bridgehead atoms. The van der Waals surface area contributed by atoms with Gasteiger partial charge in [-0.25, -0.2) is 8.42 Å². The van der Waals surface area contributed by atoms with Gasteiger partial charge < -0.3 is 34.7 Å². The van der Waals surface area contributed by atoms with Crippen LogP contribution < -0.4 is 16.0 Å². The van der Waals surface area contributed by atoms with Crippen LogP contribution >= 0.6 is 22.0 Å². The number of hydrogen-bond donors (Lipinski definition) is 11. The molecule has 0 fully saturated rings. The number of aryl methyl sites for hydroxylation is 1. The Morgan fingerprint density at radius 3 is 2.04 bits per heavy atom. The molecule has 1 aromatic heterocycles. The molecule has 0 aliphatic carbocycles. The van der Waals surface area contributed by atoms with Gasteiger partial charge >= 0.3 is 6.08 Å². The molecule has 0 saturated heterocycles. The second-order valence-corrected chi connectivity index (χ2v) is 17.5. The minimum atomic E-state index is -4.92. The maximum atomic E-state index is 14.5. The van der Waals surface area contributed by atoms with Gasteiger partial charge in [0.2, 0.25) is 23.0 Å². The van der Waals surface area contributed by atoms with Gasteiger partial charge in [0.25, 0.3) is 10.1 Å². The minimum absolute atomic E-state index is 0.00263. The number of halogens is 1. The van der Waals surface area contributed by atoms with Crippen molar-refractivity contribution in [1.82, 2.24) is 15.0 Å². The lowest BCUT2D eigenvalue weighted by Crippen LogP contribution is -2.14. The SMILES string of the molecule is Cc1cc(O)c2c(N=Nc3cc(Nc4nc(F)nc(Nc5ccc(S(=O)(=O)CCOS(O)(O)O)cc5)n4)ccc3S(=O)(=O)O)c(NCS(O)(O)O)ccc2c1. The Hall–Kier alpha value is -4.84. The molecule has 0 atom stereocenters. The minimum Gasteiger partial charge on any atom is -0.507 e. The van der Waals surface area contributed by atoms with Crippen molar-refractivity contribution in [2.24, 2.45) is 10.2 Å². The molecule has 55 heavy (non-hydrogen) atoms. The number of benzene rings is 4. The highest BCUT2D eigenvalue weighted by molar-refractivity contribution is 8.19. The average Bonchev–Trinajstić information content (AvgIpc) is 3.05. The fourth-order valence-electron chi connectivity index (χ4n) is 4.83. The highest BCUT2D eigenvalue weighted by Gasteiger charge is 2.21. The number of rotatable bonds is 15. The fourth-order valence-corrected chi connectivity index (χ4v) is 7.28. The summed E-state index contributed by atoms with van der Waals surface area (Å²) in [6, 6.07) is 14.3. The number of nitrogens with one attached hydrogen (secondary N) is 3. The van der Waals surface area contributed by atoms with Gasteiger partial charge in [0.15, 0.2) is 9.84 Å². The zero-order valence-electron chi connectivity index (χ0n) is 27.8. The highest BCUT2D eigenvalue weighted by atomic mass is 32.3. The molecule has 0 radical (unpaired) electrons. The largest absolute Gasteiger partial charge is 0.507 e. The van der Waals surface area contributed by atoms with E-state index < -0.39 is 82.8 Å². The number of aromatic hydroxyl groups is 1. The monoisotopic (exact) mass is 846 g/mol. The molecule has 5 rings (SSSR count). The third kappa shape index (κ3) is 11.3. The molecular formula is C29H31FN8O13S4. The maximum absolute atomic E-state index is 14.5. The van der Waals surface area contributed by atoms with Gasteiger partial charge in [-0.05, 0) is 72.5 Å². The van der Waals surface area contributed by atoms with Gasteiger partial charge in [-0.15, -0.1) is 10.2 Å². The Morgan fingerprint density at radius 2 is 1.42 bits per heavy atom. The molecule has 0 saturated carbocycles. The van der Waals surface area contributed by atoms with Crippen LogP contribution in [0.5, 0.6) is 5.75 Å². The first-order chi connectivity index (χ1) is 25.6. The summed E-state index contributed by atoms with van der Waals surface area (Å²) in [5, 5.41) is 27.4. The Balaban J connectivity index is 1.43. The van der Waals surface area contributed by atoms with Crippen molar-refractivity contribution >= 4 is 93.1 Å². The molecule has 5 aromatic rings. The molecular weight excluding hydrogens is 816 g/mol. The molecule has 296 valence electrons. The van der Waals surface area contributed by atoms with Crippen LogP contribution in [0.2, 0.25) is 0 Å². The van der Waals surface area contributed by atoms with Crippen molar-refractivity contribution in [1.29, 1.82) is 0 Å². The lowest BCUT2D eigenvalue weighted by molar-refractivity contribution is 0.213. The van der Waals surface area contributed by atoms with Gasteiger partial charge in [0.05, 0.1) is 28.3 Å². The summed E-state index contributed by atoms with van der Waals surface area (Å²) in [4.78, 5) is 10.3. The van der Waals surface area contributed by atoms with Gasteiger partial charge in [-0.3, -0.25) is 22.4 Å². The molecule has 21 nitrogen and oxygen atoms in total. The summed E-state index contributed by atoms with van der Waals surface area (Å²) in [5.41, 5.74) is 0.337. The van der Waals surface area contributed by atoms with E-state index in [4.69, 9.17) is 13.7 Å². The van der Waals surface area contributed by atoms with Crippen LogP contribution in [0.25, 0.3) is 10.8 Å². The summed E-state index contributed by atoms with van der Waals surface area (Å²) >= 11 is -4.34. The van der Waals surface area contributed by atoms with E-state index in [0.29, 0.717) is 10.9 Å². The second-order valence-electron chi connectivity index (χ2n) is 11.3. The van der Waals surface area contributed by atoms with Crippen molar-refractivity contribution in [3.05, 3.63) is 78.4 Å². The second kappa shape index (κ2) is 16.1. The van der Waals surface area contributed by atoms with E-state index in [1.807, 2.05) is 0 Å². The molecule has 1 heterocycles. The molecule has 4 aromatic carbocycles. The van der Waals surface area contributed by atoms with Gasteiger partial charge in [0, 0.05) is 11.4 Å². The number of aromatic nitrogens is 3. The predicted octanol–water partition coefficient (Wildman–Crippen LogP) is 6.85. The zero-order chi connectivity index (χ0) is 40.3. The number of phenols is 1. The molecule has 26 heteroatoms. The van der Waals surface area contributed by atoms with E-state index >= 15 is 0 Å². The third-order valence-electron chi connectivity index (χ3n) is 7.09. The molecule has 11 N–H and O–H groups in total. The molecule has 0 amide bonds. The van der Waals surface area contributed by atoms with Crippen LogP contribution in [0.3, 0.4) is 0 Å². The number of phenolic OH excluding ortho intramolecular Hbond substituents is 1. The third-order valence-corrected chi connectivity index (χ3v) is 10.7. The quantitative estimate of drug-likeness (QED) is 0.0379. The molecule has 0 spiro atoms.